The second-order valence-electron chi connectivity index (χ2n) is 5.76. The van der Waals surface area contributed by atoms with Crippen molar-refractivity contribution in [3.05, 3.63) is 41.0 Å². The number of halogens is 1. The molecule has 1 aromatic carbocycles. The quantitative estimate of drug-likeness (QED) is 0.896. The highest BCUT2D eigenvalue weighted by Crippen LogP contribution is 2.21. The van der Waals surface area contributed by atoms with Crippen LogP contribution < -0.4 is 10.6 Å². The van der Waals surface area contributed by atoms with E-state index in [1.54, 1.807) is 35.4 Å². The smallest absolute Gasteiger partial charge is 0.317 e. The van der Waals surface area contributed by atoms with Crippen LogP contribution >= 0.6 is 11.6 Å². The van der Waals surface area contributed by atoms with E-state index in [9.17, 15) is 9.59 Å². The van der Waals surface area contributed by atoms with Crippen LogP contribution in [0.15, 0.2) is 30.5 Å². The topological polar surface area (TPSA) is 74.3 Å². The van der Waals surface area contributed by atoms with Crippen LogP contribution in [0, 0.1) is 0 Å². The first-order valence-electron chi connectivity index (χ1n) is 7.96. The lowest BCUT2D eigenvalue weighted by atomic mass is 10.1. The van der Waals surface area contributed by atoms with Gasteiger partial charge in [-0.2, -0.15) is 0 Å². The summed E-state index contributed by atoms with van der Waals surface area (Å²) in [6, 6.07) is 6.85. The molecule has 3 rings (SSSR count). The zero-order chi connectivity index (χ0) is 17.1. The van der Waals surface area contributed by atoms with E-state index in [1.807, 2.05) is 6.92 Å². The van der Waals surface area contributed by atoms with E-state index in [0.29, 0.717) is 35.7 Å². The Morgan fingerprint density at radius 3 is 3.00 bits per heavy atom. The summed E-state index contributed by atoms with van der Waals surface area (Å²) in [6.45, 7) is 3.64. The van der Waals surface area contributed by atoms with E-state index < -0.39 is 0 Å². The fourth-order valence-corrected chi connectivity index (χ4v) is 3.07. The monoisotopic (exact) mass is 346 g/mol. The zero-order valence-electron chi connectivity index (χ0n) is 13.4. The van der Waals surface area contributed by atoms with E-state index in [0.717, 1.165) is 11.8 Å². The SMILES string of the molecule is CCNC(=O)N1CCC(NC(=O)c2ccnc3cc(Cl)ccc23)C1. The molecular weight excluding hydrogens is 328 g/mol. The van der Waals surface area contributed by atoms with Crippen LogP contribution in [0.1, 0.15) is 23.7 Å². The van der Waals surface area contributed by atoms with E-state index in [1.165, 1.54) is 0 Å². The molecular formula is C17H19ClN4O2. The fourth-order valence-electron chi connectivity index (χ4n) is 2.91. The van der Waals surface area contributed by atoms with Crippen LogP contribution in [0.2, 0.25) is 5.02 Å². The minimum Gasteiger partial charge on any atom is -0.347 e. The number of hydrogen-bond donors (Lipinski definition) is 2. The predicted molar refractivity (Wildman–Crippen MR) is 93.3 cm³/mol. The Morgan fingerprint density at radius 2 is 2.21 bits per heavy atom. The van der Waals surface area contributed by atoms with Gasteiger partial charge in [-0.05, 0) is 31.5 Å². The van der Waals surface area contributed by atoms with Crippen molar-refractivity contribution < 1.29 is 9.59 Å². The number of hydrogen-bond acceptors (Lipinski definition) is 3. The number of carbonyl (C=O) groups excluding carboxylic acids is 2. The molecule has 1 atom stereocenters. The molecule has 2 heterocycles. The third kappa shape index (κ3) is 3.43. The number of nitrogens with one attached hydrogen (secondary N) is 2. The number of amides is 3. The van der Waals surface area contributed by atoms with Crippen molar-refractivity contribution in [2.45, 2.75) is 19.4 Å². The van der Waals surface area contributed by atoms with Crippen molar-refractivity contribution in [2.24, 2.45) is 0 Å². The summed E-state index contributed by atoms with van der Waals surface area (Å²) in [5.74, 6) is -0.160. The number of fused-ring (bicyclic) bond motifs is 1. The van der Waals surface area contributed by atoms with Crippen molar-refractivity contribution in [1.82, 2.24) is 20.5 Å². The lowest BCUT2D eigenvalue weighted by molar-refractivity contribution is 0.0939. The predicted octanol–water partition coefficient (Wildman–Crippen LogP) is 2.42. The average molecular weight is 347 g/mol. The van der Waals surface area contributed by atoms with Crippen LogP contribution in [0.3, 0.4) is 0 Å². The molecule has 1 unspecified atom stereocenters. The molecule has 1 aromatic heterocycles. The summed E-state index contributed by atoms with van der Waals surface area (Å²) in [7, 11) is 0. The van der Waals surface area contributed by atoms with E-state index in [4.69, 9.17) is 11.6 Å². The molecule has 6 nitrogen and oxygen atoms in total. The van der Waals surface area contributed by atoms with Gasteiger partial charge in [-0.1, -0.05) is 17.7 Å². The molecule has 2 aromatic rings. The molecule has 1 saturated heterocycles. The molecule has 1 fully saturated rings. The molecule has 3 amide bonds. The highest BCUT2D eigenvalue weighted by Gasteiger charge is 2.27. The molecule has 24 heavy (non-hydrogen) atoms. The highest BCUT2D eigenvalue weighted by atomic mass is 35.5. The van der Waals surface area contributed by atoms with Crippen LogP contribution in [0.25, 0.3) is 10.9 Å². The van der Waals surface area contributed by atoms with Crippen LogP contribution in [0.4, 0.5) is 4.79 Å². The third-order valence-corrected chi connectivity index (χ3v) is 4.32. The average Bonchev–Trinajstić information content (AvgIpc) is 3.02. The first-order chi connectivity index (χ1) is 11.6. The van der Waals surface area contributed by atoms with Gasteiger partial charge in [0.1, 0.15) is 0 Å². The van der Waals surface area contributed by atoms with Gasteiger partial charge in [-0.3, -0.25) is 9.78 Å². The minimum atomic E-state index is -0.160. The number of nitrogens with zero attached hydrogens (tertiary/aromatic N) is 2. The van der Waals surface area contributed by atoms with Crippen molar-refractivity contribution in [2.75, 3.05) is 19.6 Å². The molecule has 2 N–H and O–H groups in total. The summed E-state index contributed by atoms with van der Waals surface area (Å²) >= 11 is 5.98. The van der Waals surface area contributed by atoms with Gasteiger partial charge in [-0.15, -0.1) is 0 Å². The van der Waals surface area contributed by atoms with Gasteiger partial charge >= 0.3 is 6.03 Å². The zero-order valence-corrected chi connectivity index (χ0v) is 14.1. The fraction of sp³-hybridized carbons (Fsp3) is 0.353. The molecule has 1 aliphatic rings. The van der Waals surface area contributed by atoms with Gasteiger partial charge in [0.05, 0.1) is 11.1 Å². The maximum atomic E-state index is 12.6. The van der Waals surface area contributed by atoms with Crippen molar-refractivity contribution in [3.8, 4) is 0 Å². The molecule has 126 valence electrons. The van der Waals surface area contributed by atoms with Gasteiger partial charge in [0.2, 0.25) is 0 Å². The number of benzene rings is 1. The minimum absolute atomic E-state index is 0.0457. The lowest BCUT2D eigenvalue weighted by Gasteiger charge is -2.17. The van der Waals surface area contributed by atoms with Crippen LogP contribution in [-0.4, -0.2) is 47.5 Å². The Hall–Kier alpha value is -2.34. The third-order valence-electron chi connectivity index (χ3n) is 4.09. The molecule has 0 spiro atoms. The molecule has 0 radical (unpaired) electrons. The Balaban J connectivity index is 1.71. The normalized spacial score (nSPS) is 17.1. The van der Waals surface area contributed by atoms with Gasteiger partial charge in [0, 0.05) is 42.3 Å². The Labute approximate surface area is 145 Å². The number of likely N-dealkylation sites (tertiary alicyclic amines) is 1. The number of urea groups is 1. The van der Waals surface area contributed by atoms with Gasteiger partial charge in [0.15, 0.2) is 0 Å². The van der Waals surface area contributed by atoms with Crippen LogP contribution in [0.5, 0.6) is 0 Å². The Bertz CT molecular complexity index is 780. The Morgan fingerprint density at radius 1 is 1.38 bits per heavy atom. The van der Waals surface area contributed by atoms with E-state index in [2.05, 4.69) is 15.6 Å². The standard InChI is InChI=1S/C17H19ClN4O2/c1-2-19-17(24)22-8-6-12(10-22)21-16(23)14-5-7-20-15-9-11(18)3-4-13(14)15/h3-5,7,9,12H,2,6,8,10H2,1H3,(H,19,24)(H,21,23). The molecule has 0 saturated carbocycles. The van der Waals surface area contributed by atoms with Gasteiger partial charge in [0.25, 0.3) is 5.91 Å². The second kappa shape index (κ2) is 7.05. The summed E-state index contributed by atoms with van der Waals surface area (Å²) in [5, 5.41) is 7.13. The van der Waals surface area contributed by atoms with E-state index >= 15 is 0 Å². The summed E-state index contributed by atoms with van der Waals surface area (Å²) in [6.07, 6.45) is 2.35. The first kappa shape index (κ1) is 16.5. The number of pyridine rings is 1. The maximum Gasteiger partial charge on any atom is 0.317 e. The highest BCUT2D eigenvalue weighted by molar-refractivity contribution is 6.31. The second-order valence-corrected chi connectivity index (χ2v) is 6.20. The van der Waals surface area contributed by atoms with Crippen molar-refractivity contribution in [3.63, 3.8) is 0 Å². The number of carbonyl (C=O) groups is 2. The molecule has 0 aliphatic carbocycles. The van der Waals surface area contributed by atoms with E-state index in [-0.39, 0.29) is 18.0 Å². The largest absolute Gasteiger partial charge is 0.347 e. The van der Waals surface area contributed by atoms with Crippen molar-refractivity contribution in [1.29, 1.82) is 0 Å². The summed E-state index contributed by atoms with van der Waals surface area (Å²) in [5.41, 5.74) is 1.25. The summed E-state index contributed by atoms with van der Waals surface area (Å²) in [4.78, 5) is 30.4. The number of aromatic nitrogens is 1. The first-order valence-corrected chi connectivity index (χ1v) is 8.34. The lowest BCUT2D eigenvalue weighted by Crippen LogP contribution is -2.42. The van der Waals surface area contributed by atoms with Gasteiger partial charge < -0.3 is 15.5 Å². The molecule has 1 aliphatic heterocycles. The summed E-state index contributed by atoms with van der Waals surface area (Å²) < 4.78 is 0. The van der Waals surface area contributed by atoms with Crippen molar-refractivity contribution >= 4 is 34.4 Å². The maximum absolute atomic E-state index is 12.6. The molecule has 0 bridgehead atoms. The molecule has 7 heteroatoms. The Kier molecular flexibility index (Phi) is 4.85. The van der Waals surface area contributed by atoms with Gasteiger partial charge in [-0.25, -0.2) is 4.79 Å². The number of rotatable bonds is 3. The van der Waals surface area contributed by atoms with Crippen LogP contribution in [-0.2, 0) is 0 Å².